The minimum atomic E-state index is -0.247. The van der Waals surface area contributed by atoms with E-state index in [9.17, 15) is 4.79 Å². The molecule has 3 atom stereocenters. The summed E-state index contributed by atoms with van der Waals surface area (Å²) in [6.45, 7) is 0. The van der Waals surface area contributed by atoms with Gasteiger partial charge in [-0.15, -0.1) is 0 Å². The van der Waals surface area contributed by atoms with E-state index in [1.54, 1.807) is 6.20 Å². The molecule has 0 saturated heterocycles. The fourth-order valence-corrected chi connectivity index (χ4v) is 4.21. The molecule has 2 aromatic rings. The summed E-state index contributed by atoms with van der Waals surface area (Å²) in [4.78, 5) is 17.1. The number of fused-ring (bicyclic) bond motifs is 1. The first kappa shape index (κ1) is 14.7. The van der Waals surface area contributed by atoms with Gasteiger partial charge in [-0.2, -0.15) is 0 Å². The zero-order valence-electron chi connectivity index (χ0n) is 12.8. The first-order valence-electron chi connectivity index (χ1n) is 8.21. The Kier molecular flexibility index (Phi) is 3.82. The van der Waals surface area contributed by atoms with E-state index in [0.717, 1.165) is 11.3 Å². The van der Waals surface area contributed by atoms with Gasteiger partial charge < -0.3 is 5.32 Å². The second kappa shape index (κ2) is 5.97. The second-order valence-corrected chi connectivity index (χ2v) is 6.97. The van der Waals surface area contributed by atoms with E-state index in [4.69, 9.17) is 11.6 Å². The Balaban J connectivity index is 1.59. The Hall–Kier alpha value is -1.87. The Morgan fingerprint density at radius 3 is 2.70 bits per heavy atom. The molecule has 2 aliphatic carbocycles. The molecule has 1 aromatic heterocycles. The van der Waals surface area contributed by atoms with Gasteiger partial charge in [0, 0.05) is 17.1 Å². The molecule has 4 rings (SSSR count). The highest BCUT2D eigenvalue weighted by molar-refractivity contribution is 6.30. The first-order chi connectivity index (χ1) is 11.2. The topological polar surface area (TPSA) is 42.0 Å². The van der Waals surface area contributed by atoms with Crippen molar-refractivity contribution in [2.45, 2.75) is 25.3 Å². The lowest BCUT2D eigenvalue weighted by Crippen LogP contribution is -2.32. The van der Waals surface area contributed by atoms with Crippen molar-refractivity contribution in [2.75, 3.05) is 0 Å². The number of carbonyl (C=O) groups is 1. The van der Waals surface area contributed by atoms with E-state index < -0.39 is 0 Å². The molecule has 1 amide bonds. The van der Waals surface area contributed by atoms with Crippen LogP contribution in [-0.2, 0) is 4.79 Å². The van der Waals surface area contributed by atoms with Crippen molar-refractivity contribution in [3.8, 4) is 0 Å². The highest BCUT2D eigenvalue weighted by Gasteiger charge is 2.56. The number of rotatable bonds is 4. The molecule has 1 heterocycles. The summed E-state index contributed by atoms with van der Waals surface area (Å²) in [6.07, 6.45) is 5.43. The molecule has 23 heavy (non-hydrogen) atoms. The Morgan fingerprint density at radius 1 is 1.17 bits per heavy atom. The van der Waals surface area contributed by atoms with Crippen LogP contribution in [-0.4, -0.2) is 10.9 Å². The lowest BCUT2D eigenvalue weighted by molar-refractivity contribution is -0.123. The molecule has 0 bridgehead atoms. The van der Waals surface area contributed by atoms with Gasteiger partial charge in [0.2, 0.25) is 5.91 Å². The lowest BCUT2D eigenvalue weighted by Gasteiger charge is -2.19. The molecule has 3 nitrogen and oxygen atoms in total. The van der Waals surface area contributed by atoms with E-state index in [2.05, 4.69) is 10.3 Å². The molecular weight excluding hydrogens is 308 g/mol. The van der Waals surface area contributed by atoms with E-state index >= 15 is 0 Å². The van der Waals surface area contributed by atoms with Crippen molar-refractivity contribution in [3.05, 3.63) is 64.9 Å². The highest BCUT2D eigenvalue weighted by atomic mass is 35.5. The average Bonchev–Trinajstić information content (AvgIpc) is 3.06. The van der Waals surface area contributed by atoms with Crippen LogP contribution >= 0.6 is 11.6 Å². The standard InChI is InChI=1S/C19H19ClN2O/c20-13-6-3-5-12(11-13)18(16-9-1-2-10-21-16)22-19(23)17-14-7-4-8-15(14)17/h1-3,5-6,9-11,14-15,17-18H,4,7-8H2,(H,22,23). The number of carbonyl (C=O) groups excluding carboxylic acids is 1. The smallest absolute Gasteiger partial charge is 0.224 e. The van der Waals surface area contributed by atoms with Crippen molar-refractivity contribution in [2.24, 2.45) is 17.8 Å². The summed E-state index contributed by atoms with van der Waals surface area (Å²) >= 11 is 6.13. The summed E-state index contributed by atoms with van der Waals surface area (Å²) in [7, 11) is 0. The molecule has 0 aliphatic heterocycles. The molecule has 118 valence electrons. The third kappa shape index (κ3) is 2.86. The van der Waals surface area contributed by atoms with Crippen molar-refractivity contribution < 1.29 is 4.79 Å². The van der Waals surface area contributed by atoms with Gasteiger partial charge in [0.05, 0.1) is 11.7 Å². The van der Waals surface area contributed by atoms with Crippen LogP contribution in [0.1, 0.15) is 36.6 Å². The molecule has 1 aromatic carbocycles. The van der Waals surface area contributed by atoms with Crippen LogP contribution in [0.3, 0.4) is 0 Å². The minimum Gasteiger partial charge on any atom is -0.343 e. The number of aromatic nitrogens is 1. The average molecular weight is 327 g/mol. The monoisotopic (exact) mass is 326 g/mol. The molecule has 4 heteroatoms. The number of hydrogen-bond donors (Lipinski definition) is 1. The van der Waals surface area contributed by atoms with Gasteiger partial charge >= 0.3 is 0 Å². The van der Waals surface area contributed by atoms with Gasteiger partial charge in [-0.3, -0.25) is 9.78 Å². The summed E-state index contributed by atoms with van der Waals surface area (Å²) in [5.74, 6) is 1.59. The highest BCUT2D eigenvalue weighted by Crippen LogP contribution is 2.57. The molecule has 0 radical (unpaired) electrons. The molecule has 2 aliphatic rings. The predicted molar refractivity (Wildman–Crippen MR) is 90.0 cm³/mol. The van der Waals surface area contributed by atoms with Gasteiger partial charge in [0.25, 0.3) is 0 Å². The summed E-state index contributed by atoms with van der Waals surface area (Å²) in [5.41, 5.74) is 1.81. The summed E-state index contributed by atoms with van der Waals surface area (Å²) in [6, 6.07) is 13.2. The molecular formula is C19H19ClN2O. The minimum absolute atomic E-state index is 0.162. The predicted octanol–water partition coefficient (Wildman–Crippen LogP) is 3.99. The second-order valence-electron chi connectivity index (χ2n) is 6.54. The van der Waals surface area contributed by atoms with Crippen LogP contribution in [0, 0.1) is 17.8 Å². The van der Waals surface area contributed by atoms with E-state index in [1.807, 2.05) is 42.5 Å². The Labute approximate surface area is 141 Å². The Morgan fingerprint density at radius 2 is 2.00 bits per heavy atom. The number of hydrogen-bond acceptors (Lipinski definition) is 2. The van der Waals surface area contributed by atoms with Gasteiger partial charge in [0.1, 0.15) is 0 Å². The van der Waals surface area contributed by atoms with Crippen LogP contribution in [0.2, 0.25) is 5.02 Å². The fourth-order valence-electron chi connectivity index (χ4n) is 4.01. The zero-order chi connectivity index (χ0) is 15.8. The van der Waals surface area contributed by atoms with Crippen molar-refractivity contribution in [3.63, 3.8) is 0 Å². The zero-order valence-corrected chi connectivity index (χ0v) is 13.5. The third-order valence-electron chi connectivity index (χ3n) is 5.16. The molecule has 3 unspecified atom stereocenters. The van der Waals surface area contributed by atoms with Crippen molar-refractivity contribution in [1.82, 2.24) is 10.3 Å². The summed E-state index contributed by atoms with van der Waals surface area (Å²) < 4.78 is 0. The maximum absolute atomic E-state index is 12.7. The largest absolute Gasteiger partial charge is 0.343 e. The summed E-state index contributed by atoms with van der Waals surface area (Å²) in [5, 5.41) is 3.87. The van der Waals surface area contributed by atoms with E-state index in [1.165, 1.54) is 19.3 Å². The van der Waals surface area contributed by atoms with Crippen molar-refractivity contribution >= 4 is 17.5 Å². The van der Waals surface area contributed by atoms with Gasteiger partial charge in [-0.05, 0) is 54.5 Å². The van der Waals surface area contributed by atoms with E-state index in [-0.39, 0.29) is 17.9 Å². The number of nitrogens with one attached hydrogen (secondary N) is 1. The van der Waals surface area contributed by atoms with Crippen LogP contribution in [0.5, 0.6) is 0 Å². The number of pyridine rings is 1. The Bertz CT molecular complexity index is 708. The van der Waals surface area contributed by atoms with Gasteiger partial charge in [-0.25, -0.2) is 0 Å². The molecule has 0 spiro atoms. The number of nitrogens with zero attached hydrogens (tertiary/aromatic N) is 1. The van der Waals surface area contributed by atoms with Crippen LogP contribution in [0.25, 0.3) is 0 Å². The molecule has 2 saturated carbocycles. The van der Waals surface area contributed by atoms with Crippen LogP contribution in [0.15, 0.2) is 48.7 Å². The maximum atomic E-state index is 12.7. The first-order valence-corrected chi connectivity index (χ1v) is 8.58. The van der Waals surface area contributed by atoms with Gasteiger partial charge in [-0.1, -0.05) is 36.2 Å². The quantitative estimate of drug-likeness (QED) is 0.923. The number of halogens is 1. The normalized spacial score (nSPS) is 26.4. The molecule has 1 N–H and O–H groups in total. The maximum Gasteiger partial charge on any atom is 0.224 e. The van der Waals surface area contributed by atoms with Crippen LogP contribution < -0.4 is 5.32 Å². The number of amides is 1. The van der Waals surface area contributed by atoms with Gasteiger partial charge in [0.15, 0.2) is 0 Å². The lowest BCUT2D eigenvalue weighted by atomic mass is 10.0. The van der Waals surface area contributed by atoms with Crippen LogP contribution in [0.4, 0.5) is 0 Å². The third-order valence-corrected chi connectivity index (χ3v) is 5.40. The van der Waals surface area contributed by atoms with E-state index in [0.29, 0.717) is 16.9 Å². The molecule has 2 fully saturated rings. The number of benzene rings is 1. The fraction of sp³-hybridized carbons (Fsp3) is 0.368. The van der Waals surface area contributed by atoms with Crippen molar-refractivity contribution in [1.29, 1.82) is 0 Å². The SMILES string of the molecule is O=C(NC(c1cccc(Cl)c1)c1ccccn1)C1C2CCCC21.